The van der Waals surface area contributed by atoms with E-state index in [4.69, 9.17) is 5.73 Å². The quantitative estimate of drug-likeness (QED) is 0.662. The number of halogens is 2. The molecule has 0 bridgehead atoms. The molecule has 2 aromatic carbocycles. The summed E-state index contributed by atoms with van der Waals surface area (Å²) in [6.45, 7) is 5.87. The van der Waals surface area contributed by atoms with Crippen LogP contribution in [0.15, 0.2) is 48.5 Å². The number of carbonyl (C=O) groups is 1. The number of anilines is 1. The molecule has 0 spiro atoms. The van der Waals surface area contributed by atoms with Gasteiger partial charge in [-0.2, -0.15) is 0 Å². The Morgan fingerprint density at radius 3 is 2.46 bits per heavy atom. The predicted molar refractivity (Wildman–Crippen MR) is 121 cm³/mol. The van der Waals surface area contributed by atoms with Crippen molar-refractivity contribution >= 4 is 36.4 Å². The van der Waals surface area contributed by atoms with E-state index in [2.05, 4.69) is 30.1 Å². The molecule has 2 atom stereocenters. The van der Waals surface area contributed by atoms with Crippen molar-refractivity contribution in [2.75, 3.05) is 18.8 Å². The van der Waals surface area contributed by atoms with Gasteiger partial charge in [0.25, 0.3) is 0 Å². The van der Waals surface area contributed by atoms with E-state index >= 15 is 0 Å². The van der Waals surface area contributed by atoms with Crippen LogP contribution in [-0.4, -0.2) is 23.9 Å². The molecule has 1 amide bonds. The van der Waals surface area contributed by atoms with Gasteiger partial charge in [-0.25, -0.2) is 0 Å². The van der Waals surface area contributed by atoms with Crippen LogP contribution in [0.5, 0.6) is 0 Å². The fraction of sp³-hybridized carbons (Fsp3) is 0.409. The van der Waals surface area contributed by atoms with Gasteiger partial charge in [0, 0.05) is 5.69 Å². The van der Waals surface area contributed by atoms with Gasteiger partial charge in [0.1, 0.15) is 6.04 Å². The zero-order valence-corrected chi connectivity index (χ0v) is 18.2. The third kappa shape index (κ3) is 5.40. The number of nitrogen functional groups attached to an aromatic ring is 1. The number of amides is 1. The van der Waals surface area contributed by atoms with E-state index in [-0.39, 0.29) is 42.8 Å². The van der Waals surface area contributed by atoms with Crippen molar-refractivity contribution in [1.82, 2.24) is 10.2 Å². The van der Waals surface area contributed by atoms with Crippen LogP contribution in [0.1, 0.15) is 55.5 Å². The fourth-order valence-electron chi connectivity index (χ4n) is 3.99. The van der Waals surface area contributed by atoms with Crippen LogP contribution < -0.4 is 11.1 Å². The van der Waals surface area contributed by atoms with Gasteiger partial charge in [0.05, 0.1) is 6.04 Å². The molecule has 1 aliphatic carbocycles. The number of nitrogens with zero attached hydrogens (tertiary/aromatic N) is 1. The Balaban J connectivity index is 0.00000196. The number of aryl methyl sites for hydroxylation is 1. The molecule has 3 rings (SSSR count). The lowest BCUT2D eigenvalue weighted by Gasteiger charge is -2.32. The maximum atomic E-state index is 13.3. The summed E-state index contributed by atoms with van der Waals surface area (Å²) < 4.78 is 0. The van der Waals surface area contributed by atoms with Crippen LogP contribution in [0.2, 0.25) is 0 Å². The molecule has 0 radical (unpaired) electrons. The monoisotopic (exact) mass is 423 g/mol. The Kier molecular flexibility index (Phi) is 9.80. The lowest BCUT2D eigenvalue weighted by Crippen LogP contribution is -2.42. The highest BCUT2D eigenvalue weighted by atomic mass is 35.5. The lowest BCUT2D eigenvalue weighted by atomic mass is 9.87. The second kappa shape index (κ2) is 11.3. The minimum Gasteiger partial charge on any atom is -0.399 e. The molecule has 0 aliphatic heterocycles. The summed E-state index contributed by atoms with van der Waals surface area (Å²) in [5, 5.41) is 3.32. The molecule has 6 heteroatoms. The summed E-state index contributed by atoms with van der Waals surface area (Å²) in [6, 6.07) is 15.9. The Morgan fingerprint density at radius 2 is 1.82 bits per heavy atom. The van der Waals surface area contributed by atoms with Crippen LogP contribution in [0, 0.1) is 0 Å². The van der Waals surface area contributed by atoms with Gasteiger partial charge in [-0.3, -0.25) is 9.69 Å². The smallest absolute Gasteiger partial charge is 0.242 e. The molecular weight excluding hydrogens is 393 g/mol. The van der Waals surface area contributed by atoms with Crippen molar-refractivity contribution in [3.05, 3.63) is 65.2 Å². The van der Waals surface area contributed by atoms with E-state index in [0.717, 1.165) is 43.6 Å². The maximum Gasteiger partial charge on any atom is 0.242 e. The molecule has 154 valence electrons. The first-order chi connectivity index (χ1) is 12.6. The normalized spacial score (nSPS) is 16.3. The Morgan fingerprint density at radius 1 is 1.14 bits per heavy atom. The molecule has 3 N–H and O–H groups in total. The maximum absolute atomic E-state index is 13.3. The Labute approximate surface area is 180 Å². The second-order valence-corrected chi connectivity index (χ2v) is 6.95. The number of rotatable bonds is 6. The van der Waals surface area contributed by atoms with Crippen LogP contribution in [0.3, 0.4) is 0 Å². The van der Waals surface area contributed by atoms with Crippen LogP contribution >= 0.6 is 24.8 Å². The molecular formula is C22H31Cl2N3O. The van der Waals surface area contributed by atoms with Crippen molar-refractivity contribution in [2.45, 2.75) is 45.2 Å². The summed E-state index contributed by atoms with van der Waals surface area (Å²) in [6.07, 6.45) is 3.08. The minimum atomic E-state index is -0.259. The van der Waals surface area contributed by atoms with Crippen LogP contribution in [0.4, 0.5) is 5.69 Å². The minimum absolute atomic E-state index is 0. The van der Waals surface area contributed by atoms with Gasteiger partial charge < -0.3 is 11.1 Å². The summed E-state index contributed by atoms with van der Waals surface area (Å²) in [5.41, 5.74) is 10.2. The van der Waals surface area contributed by atoms with Gasteiger partial charge in [0.2, 0.25) is 5.91 Å². The van der Waals surface area contributed by atoms with E-state index < -0.39 is 0 Å². The number of nitrogens with two attached hydrogens (primary N) is 1. The Hall–Kier alpha value is -1.75. The van der Waals surface area contributed by atoms with E-state index in [9.17, 15) is 4.79 Å². The number of likely N-dealkylation sites (N-methyl/N-ethyl adjacent to an activating group) is 1. The molecule has 2 aromatic rings. The summed E-state index contributed by atoms with van der Waals surface area (Å²) >= 11 is 0. The number of carbonyl (C=O) groups excluding carboxylic acids is 1. The molecule has 0 aromatic heterocycles. The first-order valence-corrected chi connectivity index (χ1v) is 9.61. The van der Waals surface area contributed by atoms with E-state index in [1.165, 1.54) is 11.1 Å². The van der Waals surface area contributed by atoms with Gasteiger partial charge >= 0.3 is 0 Å². The summed E-state index contributed by atoms with van der Waals surface area (Å²) in [7, 11) is 0. The van der Waals surface area contributed by atoms with Crippen molar-refractivity contribution in [1.29, 1.82) is 0 Å². The zero-order valence-electron chi connectivity index (χ0n) is 16.6. The number of benzene rings is 2. The van der Waals surface area contributed by atoms with Crippen LogP contribution in [-0.2, 0) is 11.2 Å². The number of hydrogen-bond donors (Lipinski definition) is 2. The van der Waals surface area contributed by atoms with E-state index in [0.29, 0.717) is 0 Å². The zero-order chi connectivity index (χ0) is 18.5. The van der Waals surface area contributed by atoms with Crippen molar-refractivity contribution in [3.63, 3.8) is 0 Å². The SMILES string of the molecule is CCN(CC)C(C(=O)NC1CCCc2cc(N)ccc21)c1ccccc1.Cl.Cl. The molecule has 0 fully saturated rings. The highest BCUT2D eigenvalue weighted by molar-refractivity contribution is 5.85. The molecule has 2 unspecified atom stereocenters. The second-order valence-electron chi connectivity index (χ2n) is 6.95. The van der Waals surface area contributed by atoms with Crippen LogP contribution in [0.25, 0.3) is 0 Å². The highest BCUT2D eigenvalue weighted by Gasteiger charge is 2.29. The number of hydrogen-bond acceptors (Lipinski definition) is 3. The summed E-state index contributed by atoms with van der Waals surface area (Å²) in [4.78, 5) is 15.5. The molecule has 28 heavy (non-hydrogen) atoms. The third-order valence-corrected chi connectivity index (χ3v) is 5.34. The van der Waals surface area contributed by atoms with Gasteiger partial charge in [-0.05, 0) is 61.2 Å². The molecule has 4 nitrogen and oxygen atoms in total. The molecule has 0 saturated heterocycles. The predicted octanol–water partition coefficient (Wildman–Crippen LogP) is 4.69. The molecule has 0 saturated carbocycles. The van der Waals surface area contributed by atoms with Gasteiger partial charge in [-0.1, -0.05) is 50.2 Å². The number of nitrogens with one attached hydrogen (secondary N) is 1. The third-order valence-electron chi connectivity index (χ3n) is 5.34. The average Bonchev–Trinajstić information content (AvgIpc) is 2.66. The highest BCUT2D eigenvalue weighted by Crippen LogP contribution is 2.32. The largest absolute Gasteiger partial charge is 0.399 e. The van der Waals surface area contributed by atoms with Gasteiger partial charge in [0.15, 0.2) is 0 Å². The summed E-state index contributed by atoms with van der Waals surface area (Å²) in [5.74, 6) is 0.0783. The van der Waals surface area contributed by atoms with E-state index in [1.54, 1.807) is 0 Å². The number of fused-ring (bicyclic) bond motifs is 1. The van der Waals surface area contributed by atoms with Crippen molar-refractivity contribution in [3.8, 4) is 0 Å². The molecule has 0 heterocycles. The average molecular weight is 424 g/mol. The topological polar surface area (TPSA) is 58.4 Å². The van der Waals surface area contributed by atoms with Gasteiger partial charge in [-0.15, -0.1) is 24.8 Å². The first kappa shape index (κ1) is 24.3. The standard InChI is InChI=1S/C22H29N3O.2ClH/c1-3-25(4-2)21(16-9-6-5-7-10-16)22(26)24-20-12-8-11-17-15-18(23)13-14-19(17)20;;/h5-7,9-10,13-15,20-21H,3-4,8,11-12,23H2,1-2H3,(H,24,26);2*1H. The Bertz CT molecular complexity index is 751. The lowest BCUT2D eigenvalue weighted by molar-refractivity contribution is -0.127. The van der Waals surface area contributed by atoms with E-state index in [1.807, 2.05) is 42.5 Å². The molecule has 1 aliphatic rings. The van der Waals surface area contributed by atoms with Crippen molar-refractivity contribution in [2.24, 2.45) is 0 Å². The van der Waals surface area contributed by atoms with Crippen molar-refractivity contribution < 1.29 is 4.79 Å². The fourth-order valence-corrected chi connectivity index (χ4v) is 3.99. The first-order valence-electron chi connectivity index (χ1n) is 9.61.